The average molecular weight is 343 g/mol. The molecule has 3 amide bonds. The first-order chi connectivity index (χ1) is 12.1. The smallest absolute Gasteiger partial charge is 0.273 e. The molecule has 0 heterocycles. The number of rotatable bonds is 6. The van der Waals surface area contributed by atoms with Gasteiger partial charge in [-0.15, -0.1) is 0 Å². The summed E-state index contributed by atoms with van der Waals surface area (Å²) in [4.78, 5) is 35.0. The molecule has 2 aromatic carbocycles. The molecule has 0 aromatic heterocycles. The number of carbonyl (C=O) groups is 3. The van der Waals surface area contributed by atoms with Crippen molar-refractivity contribution in [2.45, 2.75) is 0 Å². The van der Waals surface area contributed by atoms with Crippen molar-refractivity contribution in [3.63, 3.8) is 0 Å². The SMILES string of the molecule is O=C(COc1ccccc1)NCC(=O)NNC(=O)c1ccccc1O. The third-order valence-corrected chi connectivity index (χ3v) is 3.02. The van der Waals surface area contributed by atoms with Gasteiger partial charge < -0.3 is 15.2 Å². The van der Waals surface area contributed by atoms with Gasteiger partial charge in [-0.3, -0.25) is 25.2 Å². The maximum absolute atomic E-state index is 11.8. The highest BCUT2D eigenvalue weighted by molar-refractivity contribution is 5.98. The van der Waals surface area contributed by atoms with E-state index in [1.54, 1.807) is 36.4 Å². The lowest BCUT2D eigenvalue weighted by Crippen LogP contribution is -2.46. The first-order valence-electron chi connectivity index (χ1n) is 7.38. The van der Waals surface area contributed by atoms with Crippen LogP contribution in [0.25, 0.3) is 0 Å². The minimum atomic E-state index is -0.676. The van der Waals surface area contributed by atoms with E-state index < -0.39 is 17.7 Å². The molecule has 0 radical (unpaired) electrons. The number of para-hydroxylation sites is 2. The second-order valence-electron chi connectivity index (χ2n) is 4.90. The molecule has 0 aliphatic carbocycles. The first kappa shape index (κ1) is 17.8. The van der Waals surface area contributed by atoms with Gasteiger partial charge in [0.2, 0.25) is 0 Å². The van der Waals surface area contributed by atoms with Crippen LogP contribution in [0.2, 0.25) is 0 Å². The third-order valence-electron chi connectivity index (χ3n) is 3.02. The van der Waals surface area contributed by atoms with Crippen LogP contribution in [0.5, 0.6) is 11.5 Å². The van der Waals surface area contributed by atoms with Crippen molar-refractivity contribution in [2.24, 2.45) is 0 Å². The van der Waals surface area contributed by atoms with Gasteiger partial charge in [-0.25, -0.2) is 0 Å². The van der Waals surface area contributed by atoms with Crippen molar-refractivity contribution in [1.82, 2.24) is 16.2 Å². The first-order valence-corrected chi connectivity index (χ1v) is 7.38. The van der Waals surface area contributed by atoms with Gasteiger partial charge in [-0.2, -0.15) is 0 Å². The predicted octanol–water partition coefficient (Wildman–Crippen LogP) is 0.348. The number of carbonyl (C=O) groups excluding carboxylic acids is 3. The van der Waals surface area contributed by atoms with Crippen molar-refractivity contribution in [1.29, 1.82) is 0 Å². The van der Waals surface area contributed by atoms with Gasteiger partial charge in [0.25, 0.3) is 17.7 Å². The zero-order valence-electron chi connectivity index (χ0n) is 13.2. The highest BCUT2D eigenvalue weighted by Crippen LogP contribution is 2.14. The molecule has 8 heteroatoms. The largest absolute Gasteiger partial charge is 0.507 e. The zero-order chi connectivity index (χ0) is 18.1. The summed E-state index contributed by atoms with van der Waals surface area (Å²) in [5, 5.41) is 11.9. The van der Waals surface area contributed by atoms with Crippen molar-refractivity contribution in [3.05, 3.63) is 60.2 Å². The summed E-state index contributed by atoms with van der Waals surface area (Å²) >= 11 is 0. The van der Waals surface area contributed by atoms with Crippen molar-refractivity contribution >= 4 is 17.7 Å². The molecular formula is C17H17N3O5. The van der Waals surface area contributed by atoms with E-state index in [1.165, 1.54) is 12.1 Å². The molecule has 0 atom stereocenters. The van der Waals surface area contributed by atoms with Gasteiger partial charge in [-0.1, -0.05) is 30.3 Å². The van der Waals surface area contributed by atoms with E-state index in [2.05, 4.69) is 16.2 Å². The molecule has 2 rings (SSSR count). The van der Waals surface area contributed by atoms with Crippen LogP contribution >= 0.6 is 0 Å². The maximum Gasteiger partial charge on any atom is 0.273 e. The lowest BCUT2D eigenvalue weighted by atomic mass is 10.2. The summed E-state index contributed by atoms with van der Waals surface area (Å²) < 4.78 is 5.23. The monoisotopic (exact) mass is 343 g/mol. The summed E-state index contributed by atoms with van der Waals surface area (Å²) in [6, 6.07) is 14.7. The second-order valence-corrected chi connectivity index (χ2v) is 4.90. The number of hydrogen-bond donors (Lipinski definition) is 4. The molecule has 0 saturated carbocycles. The van der Waals surface area contributed by atoms with Gasteiger partial charge in [0.15, 0.2) is 6.61 Å². The van der Waals surface area contributed by atoms with Crippen LogP contribution in [0.3, 0.4) is 0 Å². The van der Waals surface area contributed by atoms with Crippen LogP contribution in [0.15, 0.2) is 54.6 Å². The summed E-state index contributed by atoms with van der Waals surface area (Å²) in [6.07, 6.45) is 0. The van der Waals surface area contributed by atoms with E-state index >= 15 is 0 Å². The normalized spacial score (nSPS) is 9.76. The Labute approximate surface area is 143 Å². The van der Waals surface area contributed by atoms with Gasteiger partial charge in [0, 0.05) is 0 Å². The Kier molecular flexibility index (Phi) is 6.35. The Bertz CT molecular complexity index is 749. The van der Waals surface area contributed by atoms with Crippen molar-refractivity contribution < 1.29 is 24.2 Å². The quantitative estimate of drug-likeness (QED) is 0.565. The van der Waals surface area contributed by atoms with Gasteiger partial charge in [0.05, 0.1) is 12.1 Å². The highest BCUT2D eigenvalue weighted by atomic mass is 16.5. The maximum atomic E-state index is 11.8. The Morgan fingerprint density at radius 3 is 2.28 bits per heavy atom. The third kappa shape index (κ3) is 5.87. The molecule has 0 unspecified atom stereocenters. The van der Waals surface area contributed by atoms with Crippen LogP contribution < -0.4 is 20.9 Å². The van der Waals surface area contributed by atoms with Gasteiger partial charge in [-0.05, 0) is 24.3 Å². The lowest BCUT2D eigenvalue weighted by Gasteiger charge is -2.09. The number of aromatic hydroxyl groups is 1. The Morgan fingerprint density at radius 1 is 0.880 bits per heavy atom. The molecule has 130 valence electrons. The molecular weight excluding hydrogens is 326 g/mol. The number of phenols is 1. The summed E-state index contributed by atoms with van der Waals surface area (Å²) in [5.41, 5.74) is 4.29. The summed E-state index contributed by atoms with van der Waals surface area (Å²) in [6.45, 7) is -0.570. The molecule has 0 bridgehead atoms. The van der Waals surface area contributed by atoms with Gasteiger partial charge in [0.1, 0.15) is 11.5 Å². The number of hydrogen-bond acceptors (Lipinski definition) is 5. The zero-order valence-corrected chi connectivity index (χ0v) is 13.2. The van der Waals surface area contributed by atoms with E-state index in [0.717, 1.165) is 0 Å². The standard InChI is InChI=1S/C17H17N3O5/c21-14-9-5-4-8-13(14)17(24)20-19-15(22)10-18-16(23)11-25-12-6-2-1-3-7-12/h1-9,21H,10-11H2,(H,18,23)(H,19,22)(H,20,24). The number of nitrogens with one attached hydrogen (secondary N) is 3. The topological polar surface area (TPSA) is 117 Å². The highest BCUT2D eigenvalue weighted by Gasteiger charge is 2.11. The second kappa shape index (κ2) is 8.92. The van der Waals surface area contributed by atoms with E-state index in [-0.39, 0.29) is 24.5 Å². The summed E-state index contributed by atoms with van der Waals surface area (Å²) in [7, 11) is 0. The van der Waals surface area contributed by atoms with Crippen LogP contribution in [-0.4, -0.2) is 36.0 Å². The predicted molar refractivity (Wildman–Crippen MR) is 88.7 cm³/mol. The number of benzene rings is 2. The molecule has 25 heavy (non-hydrogen) atoms. The molecule has 0 aliphatic heterocycles. The lowest BCUT2D eigenvalue weighted by molar-refractivity contribution is -0.127. The van der Waals surface area contributed by atoms with Crippen LogP contribution in [0.1, 0.15) is 10.4 Å². The number of ether oxygens (including phenoxy) is 1. The van der Waals surface area contributed by atoms with Crippen LogP contribution in [0, 0.1) is 0 Å². The Hall–Kier alpha value is -3.55. The Balaban J connectivity index is 1.67. The van der Waals surface area contributed by atoms with Crippen molar-refractivity contribution in [2.75, 3.05) is 13.2 Å². The number of amides is 3. The fourth-order valence-corrected chi connectivity index (χ4v) is 1.80. The fraction of sp³-hybridized carbons (Fsp3) is 0.118. The van der Waals surface area contributed by atoms with Gasteiger partial charge >= 0.3 is 0 Å². The van der Waals surface area contributed by atoms with Crippen LogP contribution in [-0.2, 0) is 9.59 Å². The molecule has 0 spiro atoms. The average Bonchev–Trinajstić information content (AvgIpc) is 2.64. The molecule has 0 aliphatic rings. The molecule has 4 N–H and O–H groups in total. The fourth-order valence-electron chi connectivity index (χ4n) is 1.80. The molecule has 2 aromatic rings. The summed E-state index contributed by atoms with van der Waals surface area (Å²) in [5.74, 6) is -1.45. The van der Waals surface area contributed by atoms with E-state index in [9.17, 15) is 19.5 Å². The van der Waals surface area contributed by atoms with E-state index in [4.69, 9.17) is 4.74 Å². The molecule has 8 nitrogen and oxygen atoms in total. The number of phenolic OH excluding ortho intramolecular Hbond substituents is 1. The van der Waals surface area contributed by atoms with Crippen LogP contribution in [0.4, 0.5) is 0 Å². The minimum absolute atomic E-state index is 0.0168. The molecule has 0 fully saturated rings. The Morgan fingerprint density at radius 2 is 1.56 bits per heavy atom. The van der Waals surface area contributed by atoms with Crippen molar-refractivity contribution in [3.8, 4) is 11.5 Å². The number of hydrazine groups is 1. The molecule has 0 saturated heterocycles. The van der Waals surface area contributed by atoms with E-state index in [1.807, 2.05) is 6.07 Å². The minimum Gasteiger partial charge on any atom is -0.507 e. The van der Waals surface area contributed by atoms with E-state index in [0.29, 0.717) is 5.75 Å².